The number of amides is 4. The quantitative estimate of drug-likeness (QED) is 0.157. The van der Waals surface area contributed by atoms with Gasteiger partial charge in [0.2, 0.25) is 11.8 Å². The fourth-order valence-electron chi connectivity index (χ4n) is 5.76. The Morgan fingerprint density at radius 2 is 0.848 bits per heavy atom. The molecule has 3 aromatic carbocycles. The van der Waals surface area contributed by atoms with Crippen LogP contribution in [0.4, 0.5) is 11.4 Å². The Morgan fingerprint density at radius 3 is 1.20 bits per heavy atom. The molecule has 0 atom stereocenters. The summed E-state index contributed by atoms with van der Waals surface area (Å²) in [7, 11) is 0. The van der Waals surface area contributed by atoms with Gasteiger partial charge < -0.3 is 10.6 Å². The van der Waals surface area contributed by atoms with E-state index in [0.717, 1.165) is 62.5 Å². The highest BCUT2D eigenvalue weighted by atomic mass is 16.2. The summed E-state index contributed by atoms with van der Waals surface area (Å²) in [5.74, 6) is -0.504. The highest BCUT2D eigenvalue weighted by Gasteiger charge is 2.22. The second-order valence-corrected chi connectivity index (χ2v) is 11.9. The zero-order valence-corrected chi connectivity index (χ0v) is 25.8. The summed E-state index contributed by atoms with van der Waals surface area (Å²) in [4.78, 5) is 49.9. The van der Waals surface area contributed by atoms with Gasteiger partial charge in [0.15, 0.2) is 0 Å². The van der Waals surface area contributed by atoms with Gasteiger partial charge in [-0.15, -0.1) is 0 Å². The van der Waals surface area contributed by atoms with Gasteiger partial charge in [0.25, 0.3) is 11.8 Å². The van der Waals surface area contributed by atoms with Crippen LogP contribution in [-0.2, 0) is 9.59 Å². The first-order valence-electron chi connectivity index (χ1n) is 16.0. The minimum Gasteiger partial charge on any atom is -0.326 e. The van der Waals surface area contributed by atoms with Crippen LogP contribution in [0.2, 0.25) is 0 Å². The highest BCUT2D eigenvalue weighted by Crippen LogP contribution is 2.26. The Kier molecular flexibility index (Phi) is 11.4. The number of carbonyl (C=O) groups is 4. The Hall–Kier alpha value is -5.12. The lowest BCUT2D eigenvalue weighted by Gasteiger charge is -2.20. The molecule has 0 spiro atoms. The van der Waals surface area contributed by atoms with Gasteiger partial charge in [-0.1, -0.05) is 62.8 Å². The topological polar surface area (TPSA) is 141 Å². The number of hydrogen-bond donors (Lipinski definition) is 4. The van der Waals surface area contributed by atoms with Gasteiger partial charge in [0.05, 0.1) is 12.4 Å². The number of nitrogens with zero attached hydrogens (tertiary/aromatic N) is 2. The predicted molar refractivity (Wildman–Crippen MR) is 180 cm³/mol. The second kappa shape index (κ2) is 16.3. The van der Waals surface area contributed by atoms with Crippen LogP contribution < -0.4 is 21.5 Å². The smallest absolute Gasteiger partial charge is 0.271 e. The van der Waals surface area contributed by atoms with E-state index in [0.29, 0.717) is 22.5 Å². The van der Waals surface area contributed by atoms with Crippen LogP contribution in [0.1, 0.15) is 96.1 Å². The molecule has 2 aliphatic carbocycles. The number of hydrogen-bond acceptors (Lipinski definition) is 6. The Bertz CT molecular complexity index is 1430. The number of hydrazone groups is 2. The van der Waals surface area contributed by atoms with Crippen molar-refractivity contribution in [3.8, 4) is 0 Å². The molecule has 5 rings (SSSR count). The molecule has 2 fully saturated rings. The van der Waals surface area contributed by atoms with Crippen molar-refractivity contribution in [1.82, 2.24) is 10.9 Å². The van der Waals surface area contributed by atoms with Gasteiger partial charge in [-0.25, -0.2) is 10.9 Å². The third-order valence-electron chi connectivity index (χ3n) is 8.48. The Labute approximate surface area is 269 Å². The molecule has 0 aliphatic heterocycles. The third-order valence-corrected chi connectivity index (χ3v) is 8.48. The van der Waals surface area contributed by atoms with Crippen molar-refractivity contribution < 1.29 is 19.2 Å². The number of benzene rings is 3. The first-order valence-corrected chi connectivity index (χ1v) is 16.0. The maximum Gasteiger partial charge on any atom is 0.271 e. The average molecular weight is 621 g/mol. The first kappa shape index (κ1) is 32.3. The van der Waals surface area contributed by atoms with Crippen molar-refractivity contribution in [3.05, 3.63) is 95.1 Å². The van der Waals surface area contributed by atoms with E-state index in [1.807, 2.05) is 24.3 Å². The van der Waals surface area contributed by atoms with E-state index in [1.165, 1.54) is 25.3 Å². The van der Waals surface area contributed by atoms with Crippen LogP contribution in [0.15, 0.2) is 83.0 Å². The number of nitrogens with one attached hydrogen (secondary N) is 4. The van der Waals surface area contributed by atoms with Gasteiger partial charge in [-0.2, -0.15) is 10.2 Å². The van der Waals surface area contributed by atoms with Crippen LogP contribution in [-0.4, -0.2) is 36.1 Å². The molecule has 0 bridgehead atoms. The highest BCUT2D eigenvalue weighted by molar-refractivity contribution is 5.98. The standard InChI is InChI=1S/C36H40N6O4/c43-33(27-7-3-1-4-8-27)39-31-19-15-29(16-20-31)35(45)41-37-23-25-11-13-26(14-12-25)24-38-42-36(46)30-17-21-32(22-18-30)40-34(44)28-9-5-2-6-10-28/h11-24,27-28H,1-10H2,(H,39,43)(H,40,44)(H,41,45)(H,42,46). The summed E-state index contributed by atoms with van der Waals surface area (Å²) < 4.78 is 0. The van der Waals surface area contributed by atoms with Crippen LogP contribution in [0.3, 0.4) is 0 Å². The summed E-state index contributed by atoms with van der Waals surface area (Å²) in [6.45, 7) is 0. The van der Waals surface area contributed by atoms with E-state index in [9.17, 15) is 19.2 Å². The van der Waals surface area contributed by atoms with Gasteiger partial charge in [-0.3, -0.25) is 19.2 Å². The van der Waals surface area contributed by atoms with Crippen LogP contribution in [0, 0.1) is 11.8 Å². The van der Waals surface area contributed by atoms with E-state index in [4.69, 9.17) is 0 Å². The van der Waals surface area contributed by atoms with E-state index in [2.05, 4.69) is 31.7 Å². The fraction of sp³-hybridized carbons (Fsp3) is 0.333. The van der Waals surface area contributed by atoms with Crippen LogP contribution in [0.25, 0.3) is 0 Å². The molecule has 238 valence electrons. The molecule has 0 aromatic heterocycles. The SMILES string of the molecule is O=C(NN=Cc1ccc(C=NNC(=O)c2ccc(NC(=O)C3CCCCC3)cc2)cc1)c1ccc(NC(=O)C2CCCCC2)cc1. The monoisotopic (exact) mass is 620 g/mol. The number of rotatable bonds is 10. The molecule has 2 saturated carbocycles. The van der Waals surface area contributed by atoms with Crippen molar-refractivity contribution in [3.63, 3.8) is 0 Å². The predicted octanol–water partition coefficient (Wildman–Crippen LogP) is 6.25. The second-order valence-electron chi connectivity index (χ2n) is 11.9. The molecule has 2 aliphatic rings. The molecule has 0 unspecified atom stereocenters. The molecule has 10 nitrogen and oxygen atoms in total. The molecular weight excluding hydrogens is 580 g/mol. The van der Waals surface area contributed by atoms with Crippen molar-refractivity contribution in [2.24, 2.45) is 22.0 Å². The van der Waals surface area contributed by atoms with E-state index >= 15 is 0 Å². The molecule has 46 heavy (non-hydrogen) atoms. The Morgan fingerprint density at radius 1 is 0.500 bits per heavy atom. The van der Waals surface area contributed by atoms with Gasteiger partial charge in [0.1, 0.15) is 0 Å². The van der Waals surface area contributed by atoms with Crippen molar-refractivity contribution in [2.45, 2.75) is 64.2 Å². The summed E-state index contributed by atoms with van der Waals surface area (Å²) in [5, 5.41) is 14.0. The minimum atomic E-state index is -0.361. The molecule has 3 aromatic rings. The lowest BCUT2D eigenvalue weighted by molar-refractivity contribution is -0.121. The summed E-state index contributed by atoms with van der Waals surface area (Å²) >= 11 is 0. The minimum absolute atomic E-state index is 0.0439. The molecular formula is C36H40N6O4. The maximum atomic E-state index is 12.5. The average Bonchev–Trinajstić information content (AvgIpc) is 3.10. The molecule has 0 heterocycles. The summed E-state index contributed by atoms with van der Waals surface area (Å²) in [6, 6.07) is 20.7. The maximum absolute atomic E-state index is 12.5. The largest absolute Gasteiger partial charge is 0.326 e. The van der Waals surface area contributed by atoms with Gasteiger partial charge in [-0.05, 0) is 85.3 Å². The van der Waals surface area contributed by atoms with Crippen LogP contribution >= 0.6 is 0 Å². The normalized spacial score (nSPS) is 15.8. The molecule has 10 heteroatoms. The van der Waals surface area contributed by atoms with E-state index in [1.54, 1.807) is 48.5 Å². The lowest BCUT2D eigenvalue weighted by Crippen LogP contribution is -2.24. The van der Waals surface area contributed by atoms with Crippen LogP contribution in [0.5, 0.6) is 0 Å². The Balaban J connectivity index is 1.03. The van der Waals surface area contributed by atoms with Crippen molar-refractivity contribution >= 4 is 47.4 Å². The van der Waals surface area contributed by atoms with E-state index < -0.39 is 0 Å². The van der Waals surface area contributed by atoms with Crippen molar-refractivity contribution in [1.29, 1.82) is 0 Å². The van der Waals surface area contributed by atoms with Gasteiger partial charge in [0, 0.05) is 34.3 Å². The lowest BCUT2D eigenvalue weighted by atomic mass is 9.88. The molecule has 4 N–H and O–H groups in total. The van der Waals surface area contributed by atoms with Crippen molar-refractivity contribution in [2.75, 3.05) is 10.6 Å². The molecule has 0 radical (unpaired) electrons. The molecule has 4 amide bonds. The summed E-state index contributed by atoms with van der Waals surface area (Å²) in [5.41, 5.74) is 8.75. The zero-order valence-electron chi connectivity index (χ0n) is 25.8. The zero-order chi connectivity index (χ0) is 32.1. The first-order chi connectivity index (χ1) is 22.4. The summed E-state index contributed by atoms with van der Waals surface area (Å²) in [6.07, 6.45) is 13.5. The molecule has 0 saturated heterocycles. The third kappa shape index (κ3) is 9.44. The number of carbonyl (C=O) groups excluding carboxylic acids is 4. The fourth-order valence-corrected chi connectivity index (χ4v) is 5.76. The van der Waals surface area contributed by atoms with Gasteiger partial charge >= 0.3 is 0 Å². The van der Waals surface area contributed by atoms with E-state index in [-0.39, 0.29) is 35.5 Å². The number of anilines is 2.